The van der Waals surface area contributed by atoms with Crippen LogP contribution in [0.3, 0.4) is 0 Å². The van der Waals surface area contributed by atoms with Crippen LogP contribution in [-0.2, 0) is 25.5 Å². The Morgan fingerprint density at radius 3 is 2.02 bits per heavy atom. The quantitative estimate of drug-likeness (QED) is 0.135. The lowest BCUT2D eigenvalue weighted by molar-refractivity contribution is -0.339. The number of ether oxygens (including phenoxy) is 5. The number of nitrogens with zero attached hydrogens (tertiary/aromatic N) is 1. The van der Waals surface area contributed by atoms with Crippen LogP contribution in [-0.4, -0.2) is 157 Å². The molecule has 15 heteroatoms. The van der Waals surface area contributed by atoms with Gasteiger partial charge < -0.3 is 69.6 Å². The Morgan fingerprint density at radius 1 is 0.837 bits per heavy atom. The number of phenols is 1. The molecule has 1 aromatic carbocycles. The number of benzene rings is 1. The van der Waals surface area contributed by atoms with Gasteiger partial charge in [0.05, 0.1) is 26.4 Å². The number of aliphatic hydroxyl groups is 8. The van der Waals surface area contributed by atoms with Crippen molar-refractivity contribution < 1.29 is 69.6 Å². The van der Waals surface area contributed by atoms with E-state index in [1.54, 1.807) is 18.2 Å². The maximum Gasteiger partial charge on any atom is 0.187 e. The molecule has 4 heterocycles. The third-order valence-electron chi connectivity index (χ3n) is 9.31. The highest BCUT2D eigenvalue weighted by atomic mass is 16.7. The van der Waals surface area contributed by atoms with Gasteiger partial charge in [-0.15, -0.1) is 0 Å². The van der Waals surface area contributed by atoms with Gasteiger partial charge in [0.25, 0.3) is 0 Å². The minimum Gasteiger partial charge on any atom is -0.504 e. The van der Waals surface area contributed by atoms with Crippen LogP contribution < -0.4 is 4.74 Å². The van der Waals surface area contributed by atoms with Gasteiger partial charge in [0.15, 0.2) is 24.1 Å². The van der Waals surface area contributed by atoms with E-state index in [9.17, 15) is 46.0 Å². The van der Waals surface area contributed by atoms with E-state index >= 15 is 0 Å². The molecule has 1 aliphatic carbocycles. The third-order valence-corrected chi connectivity index (χ3v) is 9.31. The van der Waals surface area contributed by atoms with Crippen molar-refractivity contribution in [2.24, 2.45) is 0 Å². The van der Waals surface area contributed by atoms with Crippen LogP contribution in [0.2, 0.25) is 0 Å². The largest absolute Gasteiger partial charge is 0.504 e. The maximum atomic E-state index is 10.8. The lowest BCUT2D eigenvalue weighted by atomic mass is 9.73. The van der Waals surface area contributed by atoms with E-state index in [0.29, 0.717) is 25.1 Å². The third kappa shape index (κ3) is 5.25. The minimum atomic E-state index is -1.72. The molecule has 0 bridgehead atoms. The highest BCUT2D eigenvalue weighted by Gasteiger charge is 2.55. The van der Waals surface area contributed by atoms with Crippen molar-refractivity contribution in [2.45, 2.75) is 98.5 Å². The van der Waals surface area contributed by atoms with Gasteiger partial charge in [-0.05, 0) is 29.7 Å². The monoisotopic (exact) mass is 613 g/mol. The molecule has 14 atom stereocenters. The molecule has 0 radical (unpaired) electrons. The molecule has 1 aromatic rings. The molecule has 9 N–H and O–H groups in total. The Balaban J connectivity index is 1.41. The first-order chi connectivity index (χ1) is 20.6. The van der Waals surface area contributed by atoms with E-state index in [1.807, 2.05) is 0 Å². The average Bonchev–Trinajstić information content (AvgIpc) is 3.41. The topological polar surface area (TPSA) is 231 Å². The normalized spacial score (nSPS) is 44.4. The van der Waals surface area contributed by atoms with Gasteiger partial charge in [-0.2, -0.15) is 0 Å². The van der Waals surface area contributed by atoms with Crippen LogP contribution in [0.4, 0.5) is 0 Å². The van der Waals surface area contributed by atoms with E-state index < -0.39 is 92.8 Å². The van der Waals surface area contributed by atoms with E-state index in [4.69, 9.17) is 23.7 Å². The highest BCUT2D eigenvalue weighted by Crippen LogP contribution is 2.51. The Morgan fingerprint density at radius 2 is 1.44 bits per heavy atom. The van der Waals surface area contributed by atoms with Crippen LogP contribution >= 0.6 is 0 Å². The van der Waals surface area contributed by atoms with Crippen LogP contribution in [0.1, 0.15) is 23.5 Å². The fourth-order valence-electron chi connectivity index (χ4n) is 7.05. The smallest absolute Gasteiger partial charge is 0.187 e. The molecule has 0 spiro atoms. The number of aliphatic hydroxyl groups excluding tert-OH is 8. The summed E-state index contributed by atoms with van der Waals surface area (Å²) in [7, 11) is 1.44. The summed E-state index contributed by atoms with van der Waals surface area (Å²) in [4.78, 5) is 2.23. The molecule has 0 saturated carbocycles. The van der Waals surface area contributed by atoms with Gasteiger partial charge in [0.1, 0.15) is 54.9 Å². The molecule has 4 aliphatic heterocycles. The molecule has 0 amide bonds. The number of hydrogen-bond acceptors (Lipinski definition) is 15. The lowest BCUT2D eigenvalue weighted by Gasteiger charge is -2.50. The standard InChI is InChI=1S/C28H39NO14/c1-39-14-5-11-7-29-3-2-10-4-15(40-27-24(37)22(35)20(33)16(8-30)41-27)26(18(19(10)29)12(11)6-13(14)32)43-28-25(38)23(36)21(34)17(9-31)42-28/h4-6,15-28,30-38H,2-3,7-9H2,1H3. The second kappa shape index (κ2) is 12.1. The number of aromatic hydroxyl groups is 1. The molecule has 0 aromatic heterocycles. The number of fused-ring (bicyclic) bond motifs is 2. The predicted octanol–water partition coefficient (Wildman–Crippen LogP) is -3.62. The summed E-state index contributed by atoms with van der Waals surface area (Å²) in [5, 5.41) is 93.1. The molecule has 6 rings (SSSR count). The summed E-state index contributed by atoms with van der Waals surface area (Å²) in [6.45, 7) is -0.0825. The van der Waals surface area contributed by atoms with E-state index in [1.165, 1.54) is 7.11 Å². The summed E-state index contributed by atoms with van der Waals surface area (Å²) in [6.07, 6.45) is -15.2. The summed E-state index contributed by atoms with van der Waals surface area (Å²) < 4.78 is 29.2. The van der Waals surface area contributed by atoms with Crippen LogP contribution in [0.25, 0.3) is 0 Å². The first-order valence-electron chi connectivity index (χ1n) is 14.3. The number of phenolic OH excluding ortho intramolecular Hbond substituents is 1. The Kier molecular flexibility index (Phi) is 8.73. The molecule has 3 saturated heterocycles. The van der Waals surface area contributed by atoms with Gasteiger partial charge in [0, 0.05) is 25.0 Å². The van der Waals surface area contributed by atoms with E-state index in [0.717, 1.165) is 11.1 Å². The fourth-order valence-corrected chi connectivity index (χ4v) is 7.05. The molecule has 15 nitrogen and oxygen atoms in total. The second-order valence-corrected chi connectivity index (χ2v) is 11.8. The van der Waals surface area contributed by atoms with Crippen molar-refractivity contribution in [3.8, 4) is 11.5 Å². The van der Waals surface area contributed by atoms with Crippen molar-refractivity contribution in [2.75, 3.05) is 26.9 Å². The van der Waals surface area contributed by atoms with Crippen molar-refractivity contribution in [3.63, 3.8) is 0 Å². The van der Waals surface area contributed by atoms with Crippen LogP contribution in [0.5, 0.6) is 11.5 Å². The van der Waals surface area contributed by atoms with Gasteiger partial charge in [0.2, 0.25) is 0 Å². The highest BCUT2D eigenvalue weighted by molar-refractivity contribution is 5.52. The molecule has 14 unspecified atom stereocenters. The average molecular weight is 614 g/mol. The SMILES string of the molecule is COc1cc2c(cc1O)C1C(OC3OC(CO)C(O)C(O)C3O)C(OC3OC(CO)C(O)C(O)C3O)C=C3CCN(C2)C31. The van der Waals surface area contributed by atoms with Crippen LogP contribution in [0, 0.1) is 0 Å². The molecule has 240 valence electrons. The summed E-state index contributed by atoms with van der Waals surface area (Å²) >= 11 is 0. The summed E-state index contributed by atoms with van der Waals surface area (Å²) in [5.74, 6) is -0.393. The zero-order valence-electron chi connectivity index (χ0n) is 23.4. The Hall–Kier alpha value is -1.96. The van der Waals surface area contributed by atoms with Gasteiger partial charge in [-0.1, -0.05) is 11.6 Å². The first kappa shape index (κ1) is 31.0. The van der Waals surface area contributed by atoms with Crippen LogP contribution in [0.15, 0.2) is 23.8 Å². The minimum absolute atomic E-state index is 0.109. The summed E-state index contributed by atoms with van der Waals surface area (Å²) in [6, 6.07) is 3.09. The predicted molar refractivity (Wildman–Crippen MR) is 142 cm³/mol. The van der Waals surface area contributed by atoms with Crippen molar-refractivity contribution in [3.05, 3.63) is 34.9 Å². The molecular formula is C28H39NO14. The van der Waals surface area contributed by atoms with Gasteiger partial charge >= 0.3 is 0 Å². The van der Waals surface area contributed by atoms with E-state index in [2.05, 4.69) is 4.90 Å². The Labute approximate surface area is 246 Å². The number of methoxy groups -OCH3 is 1. The lowest BCUT2D eigenvalue weighted by Crippen LogP contribution is -2.63. The molecule has 43 heavy (non-hydrogen) atoms. The van der Waals surface area contributed by atoms with Gasteiger partial charge in [-0.25, -0.2) is 0 Å². The second-order valence-electron chi connectivity index (χ2n) is 11.8. The first-order valence-corrected chi connectivity index (χ1v) is 14.3. The Bertz CT molecular complexity index is 1200. The van der Waals surface area contributed by atoms with Crippen molar-refractivity contribution >= 4 is 0 Å². The van der Waals surface area contributed by atoms with E-state index in [-0.39, 0.29) is 17.5 Å². The van der Waals surface area contributed by atoms with Crippen molar-refractivity contribution in [1.29, 1.82) is 0 Å². The molecule has 5 aliphatic rings. The zero-order chi connectivity index (χ0) is 30.7. The summed E-state index contributed by atoms with van der Waals surface area (Å²) in [5.41, 5.74) is 2.52. The van der Waals surface area contributed by atoms with Gasteiger partial charge in [-0.3, -0.25) is 4.90 Å². The zero-order valence-corrected chi connectivity index (χ0v) is 23.4. The molecule has 3 fully saturated rings. The van der Waals surface area contributed by atoms with Crippen molar-refractivity contribution in [1.82, 2.24) is 4.90 Å². The number of rotatable bonds is 7. The maximum absolute atomic E-state index is 10.8. The fraction of sp³-hybridized carbons (Fsp3) is 0.714. The number of hydrogen-bond donors (Lipinski definition) is 9. The molecular weight excluding hydrogens is 574 g/mol.